The van der Waals surface area contributed by atoms with E-state index >= 15 is 0 Å². The zero-order chi connectivity index (χ0) is 27.1. The lowest BCUT2D eigenvalue weighted by Crippen LogP contribution is -2.49. The smallest absolute Gasteiger partial charge is 0.366 e. The first-order valence-electron chi connectivity index (χ1n) is 12.3. The Hall–Kier alpha value is -2.35. The van der Waals surface area contributed by atoms with Crippen LogP contribution in [-0.4, -0.2) is 55.6 Å². The van der Waals surface area contributed by atoms with Gasteiger partial charge >= 0.3 is 6.18 Å². The van der Waals surface area contributed by atoms with E-state index < -0.39 is 21.6 Å². The maximum absolute atomic E-state index is 13.9. The van der Waals surface area contributed by atoms with E-state index in [0.717, 1.165) is 48.4 Å². The van der Waals surface area contributed by atoms with E-state index in [1.54, 1.807) is 0 Å². The van der Waals surface area contributed by atoms with Crippen LogP contribution >= 0.6 is 23.1 Å². The fourth-order valence-electron chi connectivity index (χ4n) is 4.69. The summed E-state index contributed by atoms with van der Waals surface area (Å²) in [5.74, 6) is 0.883. The average molecular weight is 584 g/mol. The Morgan fingerprint density at radius 1 is 1.26 bits per heavy atom. The SMILES string of the molecule is CCc1cc(N2CCNCC2C)ccc1Nc1ncc(C(F)(F)F)c(-c2cc3c(s2)CSCCS3(=O)=O)n1. The number of benzene rings is 1. The molecule has 1 fully saturated rings. The number of anilines is 3. The molecule has 2 aromatic heterocycles. The predicted octanol–water partition coefficient (Wildman–Crippen LogP) is 5.35. The van der Waals surface area contributed by atoms with Gasteiger partial charge in [0.2, 0.25) is 5.95 Å². The van der Waals surface area contributed by atoms with Crippen LogP contribution in [0.15, 0.2) is 35.4 Å². The van der Waals surface area contributed by atoms with Gasteiger partial charge in [-0.25, -0.2) is 18.4 Å². The van der Waals surface area contributed by atoms with Crippen LogP contribution in [0.5, 0.6) is 0 Å². The molecule has 0 saturated carbocycles. The second kappa shape index (κ2) is 10.7. The quantitative estimate of drug-likeness (QED) is 0.416. The predicted molar refractivity (Wildman–Crippen MR) is 147 cm³/mol. The van der Waals surface area contributed by atoms with Crippen LogP contribution in [0, 0.1) is 0 Å². The maximum atomic E-state index is 13.9. The van der Waals surface area contributed by atoms with Crippen LogP contribution in [0.4, 0.5) is 30.5 Å². The lowest BCUT2D eigenvalue weighted by atomic mass is 10.1. The number of thioether (sulfide) groups is 1. The molecule has 7 nitrogen and oxygen atoms in total. The lowest BCUT2D eigenvalue weighted by molar-refractivity contribution is -0.137. The summed E-state index contributed by atoms with van der Waals surface area (Å²) in [4.78, 5) is 11.4. The van der Waals surface area contributed by atoms with Gasteiger partial charge in [0.05, 0.1) is 21.2 Å². The number of fused-ring (bicyclic) bond motifs is 1. The van der Waals surface area contributed by atoms with Gasteiger partial charge in [-0.2, -0.15) is 24.9 Å². The first-order chi connectivity index (χ1) is 18.1. The molecule has 38 heavy (non-hydrogen) atoms. The fraction of sp³-hybridized carbons (Fsp3) is 0.440. The molecule has 3 aromatic rings. The minimum atomic E-state index is -4.70. The first kappa shape index (κ1) is 27.2. The topological polar surface area (TPSA) is 87.2 Å². The third-order valence-corrected chi connectivity index (χ3v) is 11.2. The number of alkyl halides is 3. The Labute approximate surface area is 228 Å². The van der Waals surface area contributed by atoms with Gasteiger partial charge in [0.1, 0.15) is 5.56 Å². The summed E-state index contributed by atoms with van der Waals surface area (Å²) >= 11 is 2.50. The zero-order valence-corrected chi connectivity index (χ0v) is 23.4. The highest BCUT2D eigenvalue weighted by atomic mass is 32.2. The molecule has 5 rings (SSSR count). The lowest BCUT2D eigenvalue weighted by Gasteiger charge is -2.36. The van der Waals surface area contributed by atoms with Gasteiger partial charge in [-0.15, -0.1) is 11.3 Å². The maximum Gasteiger partial charge on any atom is 0.420 e. The van der Waals surface area contributed by atoms with Crippen LogP contribution in [0.3, 0.4) is 0 Å². The van der Waals surface area contributed by atoms with Crippen molar-refractivity contribution in [3.8, 4) is 10.6 Å². The highest BCUT2D eigenvalue weighted by Gasteiger charge is 2.37. The number of sulfone groups is 1. The Bertz CT molecular complexity index is 1440. The number of aromatic nitrogens is 2. The number of thiophene rings is 1. The highest BCUT2D eigenvalue weighted by Crippen LogP contribution is 2.43. The molecule has 204 valence electrons. The monoisotopic (exact) mass is 583 g/mol. The van der Waals surface area contributed by atoms with Crippen molar-refractivity contribution in [2.24, 2.45) is 0 Å². The van der Waals surface area contributed by atoms with Crippen molar-refractivity contribution < 1.29 is 21.6 Å². The standard InChI is InChI=1S/C25H28F3N5O2S3/c1-3-16-10-17(33-7-6-29-12-15(33)2)4-5-19(16)31-24-30-13-18(25(26,27)28)23(32-24)20-11-22-21(37-20)14-36-8-9-38(22,34)35/h4-5,10-11,13,15,29H,3,6-9,12,14H2,1-2H3,(H,30,31,32). The minimum Gasteiger partial charge on any atom is -0.366 e. The Morgan fingerprint density at radius 3 is 2.82 bits per heavy atom. The van der Waals surface area contributed by atoms with Crippen LogP contribution in [0.25, 0.3) is 10.6 Å². The summed E-state index contributed by atoms with van der Waals surface area (Å²) < 4.78 is 67.2. The Kier molecular flexibility index (Phi) is 7.64. The number of hydrogen-bond acceptors (Lipinski definition) is 9. The molecule has 1 unspecified atom stereocenters. The Morgan fingerprint density at radius 2 is 2.08 bits per heavy atom. The number of aryl methyl sites for hydroxylation is 1. The van der Waals surface area contributed by atoms with Gasteiger partial charge in [0.15, 0.2) is 9.84 Å². The molecule has 0 bridgehead atoms. The summed E-state index contributed by atoms with van der Waals surface area (Å²) in [6, 6.07) is 7.67. The molecule has 4 heterocycles. The summed E-state index contributed by atoms with van der Waals surface area (Å²) in [5.41, 5.74) is 1.48. The molecule has 2 aliphatic heterocycles. The van der Waals surface area contributed by atoms with E-state index in [-0.39, 0.29) is 27.2 Å². The molecule has 1 saturated heterocycles. The van der Waals surface area contributed by atoms with Crippen molar-refractivity contribution in [2.75, 3.05) is 41.4 Å². The van der Waals surface area contributed by atoms with Crippen LogP contribution in [0.2, 0.25) is 0 Å². The fourth-order valence-corrected chi connectivity index (χ4v) is 9.47. The Balaban J connectivity index is 1.51. The van der Waals surface area contributed by atoms with Gasteiger partial charge in [-0.05, 0) is 43.2 Å². The molecule has 1 aromatic carbocycles. The van der Waals surface area contributed by atoms with Crippen molar-refractivity contribution in [2.45, 2.75) is 43.1 Å². The van der Waals surface area contributed by atoms with Gasteiger partial charge in [-0.1, -0.05) is 6.92 Å². The molecule has 1 atom stereocenters. The molecule has 13 heteroatoms. The largest absolute Gasteiger partial charge is 0.420 e. The minimum absolute atomic E-state index is 0.0202. The van der Waals surface area contributed by atoms with Crippen molar-refractivity contribution in [1.29, 1.82) is 0 Å². The highest BCUT2D eigenvalue weighted by molar-refractivity contribution is 8.00. The van der Waals surface area contributed by atoms with Crippen LogP contribution in [0.1, 0.15) is 29.9 Å². The second-order valence-corrected chi connectivity index (χ2v) is 13.6. The molecule has 0 amide bonds. The van der Waals surface area contributed by atoms with E-state index in [1.165, 1.54) is 17.8 Å². The summed E-state index contributed by atoms with van der Waals surface area (Å²) in [6.45, 7) is 6.87. The van der Waals surface area contributed by atoms with Crippen molar-refractivity contribution >= 4 is 50.3 Å². The molecular formula is C25H28F3N5O2S3. The van der Waals surface area contributed by atoms with Gasteiger partial charge in [0, 0.05) is 59.6 Å². The van der Waals surface area contributed by atoms with Crippen molar-refractivity contribution in [1.82, 2.24) is 15.3 Å². The van der Waals surface area contributed by atoms with E-state index in [9.17, 15) is 21.6 Å². The summed E-state index contributed by atoms with van der Waals surface area (Å²) in [7, 11) is -3.56. The third kappa shape index (κ3) is 5.51. The molecule has 0 spiro atoms. The molecule has 0 radical (unpaired) electrons. The number of piperazine rings is 1. The molecule has 2 aliphatic rings. The average Bonchev–Trinajstić information content (AvgIpc) is 3.26. The number of hydrogen-bond donors (Lipinski definition) is 2. The van der Waals surface area contributed by atoms with Gasteiger partial charge < -0.3 is 15.5 Å². The van der Waals surface area contributed by atoms with E-state index in [1.807, 2.05) is 19.1 Å². The van der Waals surface area contributed by atoms with Gasteiger partial charge in [-0.3, -0.25) is 0 Å². The van der Waals surface area contributed by atoms with Crippen LogP contribution < -0.4 is 15.5 Å². The van der Waals surface area contributed by atoms with Gasteiger partial charge in [0.25, 0.3) is 0 Å². The van der Waals surface area contributed by atoms with Crippen molar-refractivity contribution in [3.63, 3.8) is 0 Å². The second-order valence-electron chi connectivity index (χ2n) is 9.29. The van der Waals surface area contributed by atoms with E-state index in [0.29, 0.717) is 34.5 Å². The van der Waals surface area contributed by atoms with Crippen molar-refractivity contribution in [3.05, 3.63) is 46.5 Å². The van der Waals surface area contributed by atoms with Crippen LogP contribution in [-0.2, 0) is 28.2 Å². The molecule has 0 aliphatic carbocycles. The van der Waals surface area contributed by atoms with E-state index in [2.05, 4.69) is 38.5 Å². The molecule has 2 N–H and O–H groups in total. The first-order valence-corrected chi connectivity index (χ1v) is 15.9. The third-order valence-electron chi connectivity index (χ3n) is 6.71. The van der Waals surface area contributed by atoms with E-state index in [4.69, 9.17) is 0 Å². The number of halogens is 3. The number of nitrogens with one attached hydrogen (secondary N) is 2. The normalized spacial score (nSPS) is 19.6. The summed E-state index contributed by atoms with van der Waals surface area (Å²) in [6.07, 6.45) is -3.22. The molecular weight excluding hydrogens is 556 g/mol. The zero-order valence-electron chi connectivity index (χ0n) is 20.9. The number of rotatable bonds is 5. The number of nitrogens with zero attached hydrogens (tertiary/aromatic N) is 3. The summed E-state index contributed by atoms with van der Waals surface area (Å²) in [5, 5.41) is 6.48.